The number of benzene rings is 1. The summed E-state index contributed by atoms with van der Waals surface area (Å²) in [5.74, 6) is 0. The molecular formula is C16H23F3N2. The number of nitrogens with one attached hydrogen (secondary N) is 1. The first-order valence-electron chi connectivity index (χ1n) is 7.31. The van der Waals surface area contributed by atoms with Crippen molar-refractivity contribution in [1.29, 1.82) is 0 Å². The lowest BCUT2D eigenvalue weighted by Gasteiger charge is -2.42. The molecule has 0 amide bonds. The first kappa shape index (κ1) is 16.3. The maximum absolute atomic E-state index is 12.9. The Bertz CT molecular complexity index is 471. The smallest absolute Gasteiger partial charge is 0.314 e. The second kappa shape index (κ2) is 5.97. The van der Waals surface area contributed by atoms with Gasteiger partial charge in [-0.25, -0.2) is 0 Å². The number of hydrogen-bond donors (Lipinski definition) is 1. The van der Waals surface area contributed by atoms with Crippen LogP contribution in [0.15, 0.2) is 24.3 Å². The van der Waals surface area contributed by atoms with Gasteiger partial charge in [0.2, 0.25) is 0 Å². The summed E-state index contributed by atoms with van der Waals surface area (Å²) in [5, 5.41) is 3.29. The predicted octanol–water partition coefficient (Wildman–Crippen LogP) is 3.70. The fourth-order valence-electron chi connectivity index (χ4n) is 3.08. The Morgan fingerprint density at radius 3 is 2.24 bits per heavy atom. The van der Waals surface area contributed by atoms with Crippen LogP contribution in [0.2, 0.25) is 0 Å². The molecule has 118 valence electrons. The molecule has 0 radical (unpaired) electrons. The highest BCUT2D eigenvalue weighted by molar-refractivity contribution is 5.29. The van der Waals surface area contributed by atoms with E-state index in [4.69, 9.17) is 0 Å². The Hall–Kier alpha value is -1.07. The first-order valence-corrected chi connectivity index (χ1v) is 7.31. The van der Waals surface area contributed by atoms with Crippen LogP contribution in [0, 0.1) is 5.41 Å². The van der Waals surface area contributed by atoms with Gasteiger partial charge >= 0.3 is 6.18 Å². The average molecular weight is 300 g/mol. The zero-order valence-electron chi connectivity index (χ0n) is 12.8. The molecule has 0 aromatic heterocycles. The van der Waals surface area contributed by atoms with Gasteiger partial charge in [0, 0.05) is 32.2 Å². The van der Waals surface area contributed by atoms with E-state index in [2.05, 4.69) is 31.0 Å². The molecule has 0 saturated carbocycles. The van der Waals surface area contributed by atoms with Crippen molar-refractivity contribution in [3.05, 3.63) is 35.4 Å². The molecule has 1 aliphatic rings. The van der Waals surface area contributed by atoms with Crippen molar-refractivity contribution in [3.63, 3.8) is 0 Å². The Morgan fingerprint density at radius 1 is 1.10 bits per heavy atom. The number of alkyl halides is 3. The summed E-state index contributed by atoms with van der Waals surface area (Å²) < 4.78 is 38.8. The van der Waals surface area contributed by atoms with E-state index in [-0.39, 0.29) is 11.5 Å². The van der Waals surface area contributed by atoms with Crippen molar-refractivity contribution in [1.82, 2.24) is 10.2 Å². The molecule has 2 nitrogen and oxygen atoms in total. The van der Waals surface area contributed by atoms with Crippen LogP contribution in [0.3, 0.4) is 0 Å². The van der Waals surface area contributed by atoms with Gasteiger partial charge in [-0.2, -0.15) is 13.2 Å². The summed E-state index contributed by atoms with van der Waals surface area (Å²) in [6.07, 6.45) is -4.29. The van der Waals surface area contributed by atoms with Gasteiger partial charge in [-0.3, -0.25) is 4.90 Å². The molecule has 1 heterocycles. The summed E-state index contributed by atoms with van der Waals surface area (Å²) >= 11 is 0. The van der Waals surface area contributed by atoms with Crippen molar-refractivity contribution in [2.24, 2.45) is 5.41 Å². The van der Waals surface area contributed by atoms with Crippen molar-refractivity contribution < 1.29 is 13.2 Å². The molecule has 1 fully saturated rings. The summed E-state index contributed by atoms with van der Waals surface area (Å²) in [4.78, 5) is 2.28. The van der Waals surface area contributed by atoms with Gasteiger partial charge < -0.3 is 5.32 Å². The van der Waals surface area contributed by atoms with Crippen molar-refractivity contribution in [3.8, 4) is 0 Å². The molecule has 1 saturated heterocycles. The van der Waals surface area contributed by atoms with Gasteiger partial charge in [0.1, 0.15) is 0 Å². The van der Waals surface area contributed by atoms with Gasteiger partial charge in [0.05, 0.1) is 5.56 Å². The Labute approximate surface area is 124 Å². The lowest BCUT2D eigenvalue weighted by Crippen LogP contribution is -2.48. The molecule has 1 N–H and O–H groups in total. The second-order valence-corrected chi connectivity index (χ2v) is 6.68. The van der Waals surface area contributed by atoms with Crippen molar-refractivity contribution in [2.45, 2.75) is 33.0 Å². The van der Waals surface area contributed by atoms with E-state index >= 15 is 0 Å². The fourth-order valence-corrected chi connectivity index (χ4v) is 3.08. The minimum Gasteiger partial charge on any atom is -0.314 e. The third-order valence-corrected chi connectivity index (χ3v) is 3.87. The number of nitrogens with zero attached hydrogens (tertiary/aromatic N) is 1. The largest absolute Gasteiger partial charge is 0.416 e. The normalized spacial score (nSPS) is 19.5. The van der Waals surface area contributed by atoms with Crippen LogP contribution in [0.1, 0.15) is 37.9 Å². The van der Waals surface area contributed by atoms with Crippen molar-refractivity contribution in [2.75, 3.05) is 26.2 Å². The molecule has 5 heteroatoms. The molecule has 1 aromatic carbocycles. The monoisotopic (exact) mass is 300 g/mol. The molecule has 2 rings (SSSR count). The zero-order chi connectivity index (χ0) is 15.7. The van der Waals surface area contributed by atoms with Gasteiger partial charge in [-0.1, -0.05) is 32.9 Å². The van der Waals surface area contributed by atoms with Gasteiger partial charge in [0.25, 0.3) is 0 Å². The Balaban J connectivity index is 2.37. The van der Waals surface area contributed by atoms with E-state index in [0.29, 0.717) is 0 Å². The van der Waals surface area contributed by atoms with E-state index < -0.39 is 11.7 Å². The molecule has 0 spiro atoms. The van der Waals surface area contributed by atoms with Crippen LogP contribution in [0.4, 0.5) is 13.2 Å². The summed E-state index contributed by atoms with van der Waals surface area (Å²) in [5.41, 5.74) is 0.0604. The molecule has 0 bridgehead atoms. The minimum atomic E-state index is -4.29. The van der Waals surface area contributed by atoms with Crippen LogP contribution >= 0.6 is 0 Å². The fraction of sp³-hybridized carbons (Fsp3) is 0.625. The molecule has 0 aliphatic carbocycles. The molecule has 1 atom stereocenters. The number of hydrogen-bond acceptors (Lipinski definition) is 2. The van der Waals surface area contributed by atoms with Gasteiger partial charge in [-0.15, -0.1) is 0 Å². The topological polar surface area (TPSA) is 15.3 Å². The van der Waals surface area contributed by atoms with Crippen LogP contribution in [0.25, 0.3) is 0 Å². The van der Waals surface area contributed by atoms with Crippen LogP contribution in [-0.2, 0) is 6.18 Å². The third-order valence-electron chi connectivity index (χ3n) is 3.87. The average Bonchev–Trinajstić information content (AvgIpc) is 2.38. The quantitative estimate of drug-likeness (QED) is 0.896. The van der Waals surface area contributed by atoms with Gasteiger partial charge in [0.15, 0.2) is 0 Å². The van der Waals surface area contributed by atoms with Gasteiger partial charge in [-0.05, 0) is 23.1 Å². The summed E-state index contributed by atoms with van der Waals surface area (Å²) in [6.45, 7) is 9.73. The maximum atomic E-state index is 12.9. The van der Waals surface area contributed by atoms with E-state index in [0.717, 1.165) is 37.8 Å². The van der Waals surface area contributed by atoms with E-state index in [1.54, 1.807) is 0 Å². The molecular weight excluding hydrogens is 277 g/mol. The number of halogens is 3. The zero-order valence-corrected chi connectivity index (χ0v) is 12.8. The highest BCUT2D eigenvalue weighted by atomic mass is 19.4. The van der Waals surface area contributed by atoms with Crippen LogP contribution in [0.5, 0.6) is 0 Å². The van der Waals surface area contributed by atoms with Crippen LogP contribution in [-0.4, -0.2) is 31.1 Å². The Morgan fingerprint density at radius 2 is 1.71 bits per heavy atom. The number of rotatable bonds is 2. The highest BCUT2D eigenvalue weighted by Crippen LogP contribution is 2.40. The third kappa shape index (κ3) is 3.98. The lowest BCUT2D eigenvalue weighted by atomic mass is 9.80. The van der Waals surface area contributed by atoms with Crippen molar-refractivity contribution >= 4 is 0 Å². The summed E-state index contributed by atoms with van der Waals surface area (Å²) in [7, 11) is 0. The summed E-state index contributed by atoms with van der Waals surface area (Å²) in [6, 6.07) is 5.76. The highest BCUT2D eigenvalue weighted by Gasteiger charge is 2.35. The molecule has 21 heavy (non-hydrogen) atoms. The predicted molar refractivity (Wildman–Crippen MR) is 78.1 cm³/mol. The standard InChI is InChI=1S/C16H23F3N2/c1-15(2,3)14(21-9-7-20-8-10-21)12-5-4-6-13(11-12)16(17,18)19/h4-6,11,14,20H,7-10H2,1-3H3/t14-/m0/s1. The molecule has 1 aliphatic heterocycles. The number of piperazine rings is 1. The van der Waals surface area contributed by atoms with E-state index in [9.17, 15) is 13.2 Å². The SMILES string of the molecule is CC(C)(C)[C@H](c1cccc(C(F)(F)F)c1)N1CCNCC1. The second-order valence-electron chi connectivity index (χ2n) is 6.68. The maximum Gasteiger partial charge on any atom is 0.416 e. The molecule has 0 unspecified atom stereocenters. The first-order chi connectivity index (χ1) is 9.69. The molecule has 1 aromatic rings. The van der Waals surface area contributed by atoms with E-state index in [1.165, 1.54) is 12.1 Å². The lowest BCUT2D eigenvalue weighted by molar-refractivity contribution is -0.137. The minimum absolute atomic E-state index is 0.0121. The Kier molecular flexibility index (Phi) is 4.63. The van der Waals surface area contributed by atoms with Crippen LogP contribution < -0.4 is 5.32 Å². The van der Waals surface area contributed by atoms with E-state index in [1.807, 2.05) is 6.07 Å².